The number of hydrazone groups is 1. The SMILES string of the molecule is O=C(N/N=C/c1cc(Cl)c(OCc2ccccc2Cl)c(Cl)c1)c1cc2ccccc2o1. The first-order valence-electron chi connectivity index (χ1n) is 9.18. The molecule has 31 heavy (non-hydrogen) atoms. The molecular formula is C23H15Cl3N2O3. The maximum absolute atomic E-state index is 12.2. The third-order valence-electron chi connectivity index (χ3n) is 4.38. The fourth-order valence-electron chi connectivity index (χ4n) is 2.87. The number of para-hydroxylation sites is 1. The Kier molecular flexibility index (Phi) is 6.47. The summed E-state index contributed by atoms with van der Waals surface area (Å²) in [6, 6.07) is 19.6. The summed E-state index contributed by atoms with van der Waals surface area (Å²) in [7, 11) is 0. The topological polar surface area (TPSA) is 63.8 Å². The van der Waals surface area contributed by atoms with Crippen molar-refractivity contribution in [3.05, 3.63) is 98.7 Å². The predicted octanol–water partition coefficient (Wildman–Crippen LogP) is 6.74. The van der Waals surface area contributed by atoms with E-state index in [-0.39, 0.29) is 12.4 Å². The minimum atomic E-state index is -0.468. The largest absolute Gasteiger partial charge is 0.486 e. The van der Waals surface area contributed by atoms with Crippen LogP contribution in [0.25, 0.3) is 11.0 Å². The van der Waals surface area contributed by atoms with Crippen molar-refractivity contribution >= 4 is 57.9 Å². The molecular weight excluding hydrogens is 459 g/mol. The Morgan fingerprint density at radius 1 is 0.968 bits per heavy atom. The molecule has 4 rings (SSSR count). The van der Waals surface area contributed by atoms with E-state index in [1.807, 2.05) is 36.4 Å². The Morgan fingerprint density at radius 2 is 1.68 bits per heavy atom. The van der Waals surface area contributed by atoms with Crippen LogP contribution in [0.2, 0.25) is 15.1 Å². The number of carbonyl (C=O) groups is 1. The number of halogens is 3. The quantitative estimate of drug-likeness (QED) is 0.249. The van der Waals surface area contributed by atoms with Crippen LogP contribution in [-0.2, 0) is 6.61 Å². The molecule has 1 heterocycles. The Hall–Kier alpha value is -2.99. The van der Waals surface area contributed by atoms with Gasteiger partial charge in [-0.3, -0.25) is 4.79 Å². The standard InChI is InChI=1S/C23H15Cl3N2O3/c24-17-7-3-1-6-16(17)13-30-22-18(25)9-14(10-19(22)26)12-27-28-23(29)21-11-15-5-2-4-8-20(15)31-21/h1-12H,13H2,(H,28,29)/b27-12+. The van der Waals surface area contributed by atoms with Gasteiger partial charge in [0.2, 0.25) is 0 Å². The molecule has 0 saturated carbocycles. The smallest absolute Gasteiger partial charge is 0.307 e. The van der Waals surface area contributed by atoms with Gasteiger partial charge >= 0.3 is 5.91 Å². The predicted molar refractivity (Wildman–Crippen MR) is 124 cm³/mol. The van der Waals surface area contributed by atoms with Gasteiger partial charge in [-0.15, -0.1) is 0 Å². The fraction of sp³-hybridized carbons (Fsp3) is 0.0435. The van der Waals surface area contributed by atoms with Crippen molar-refractivity contribution < 1.29 is 13.9 Å². The summed E-state index contributed by atoms with van der Waals surface area (Å²) in [6.07, 6.45) is 1.43. The molecule has 5 nitrogen and oxygen atoms in total. The molecule has 1 aromatic heterocycles. The van der Waals surface area contributed by atoms with Crippen LogP contribution in [0.3, 0.4) is 0 Å². The molecule has 0 saturated heterocycles. The van der Waals surface area contributed by atoms with E-state index in [0.717, 1.165) is 10.9 Å². The number of nitrogens with zero attached hydrogens (tertiary/aromatic N) is 1. The number of hydrogen-bond acceptors (Lipinski definition) is 4. The molecule has 156 valence electrons. The van der Waals surface area contributed by atoms with Crippen molar-refractivity contribution in [3.63, 3.8) is 0 Å². The lowest BCUT2D eigenvalue weighted by molar-refractivity contribution is 0.0929. The fourth-order valence-corrected chi connectivity index (χ4v) is 3.67. The van der Waals surface area contributed by atoms with Crippen LogP contribution in [0.5, 0.6) is 5.75 Å². The molecule has 0 aliphatic heterocycles. The van der Waals surface area contributed by atoms with Crippen LogP contribution >= 0.6 is 34.8 Å². The maximum Gasteiger partial charge on any atom is 0.307 e. The monoisotopic (exact) mass is 472 g/mol. The molecule has 0 bridgehead atoms. The van der Waals surface area contributed by atoms with Crippen LogP contribution in [0.15, 0.2) is 76.2 Å². The summed E-state index contributed by atoms with van der Waals surface area (Å²) in [4.78, 5) is 12.2. The molecule has 0 fully saturated rings. The van der Waals surface area contributed by atoms with Crippen LogP contribution < -0.4 is 10.2 Å². The van der Waals surface area contributed by atoms with Gasteiger partial charge < -0.3 is 9.15 Å². The van der Waals surface area contributed by atoms with E-state index in [9.17, 15) is 4.79 Å². The van der Waals surface area contributed by atoms with Crippen molar-refractivity contribution in [2.45, 2.75) is 6.61 Å². The number of rotatable bonds is 6. The van der Waals surface area contributed by atoms with Crippen LogP contribution in [0.1, 0.15) is 21.7 Å². The van der Waals surface area contributed by atoms with Crippen LogP contribution in [0.4, 0.5) is 0 Å². The third-order valence-corrected chi connectivity index (χ3v) is 5.31. The lowest BCUT2D eigenvalue weighted by Gasteiger charge is -2.11. The van der Waals surface area contributed by atoms with E-state index >= 15 is 0 Å². The van der Waals surface area contributed by atoms with Crippen LogP contribution in [0, 0.1) is 0 Å². The summed E-state index contributed by atoms with van der Waals surface area (Å²) < 4.78 is 11.2. The van der Waals surface area contributed by atoms with Crippen molar-refractivity contribution in [1.82, 2.24) is 5.43 Å². The molecule has 0 aliphatic carbocycles. The zero-order valence-electron chi connectivity index (χ0n) is 15.9. The highest BCUT2D eigenvalue weighted by Crippen LogP contribution is 2.34. The van der Waals surface area contributed by atoms with Gasteiger partial charge in [-0.1, -0.05) is 71.2 Å². The number of amides is 1. The summed E-state index contributed by atoms with van der Waals surface area (Å²) in [5.41, 5.74) is 4.45. The summed E-state index contributed by atoms with van der Waals surface area (Å²) in [6.45, 7) is 0.222. The minimum Gasteiger partial charge on any atom is -0.486 e. The highest BCUT2D eigenvalue weighted by Gasteiger charge is 2.12. The number of hydrogen-bond donors (Lipinski definition) is 1. The first kappa shape index (κ1) is 21.2. The van der Waals surface area contributed by atoms with Crippen molar-refractivity contribution in [2.75, 3.05) is 0 Å². The van der Waals surface area contributed by atoms with Gasteiger partial charge in [0.1, 0.15) is 12.2 Å². The second kappa shape index (κ2) is 9.43. The van der Waals surface area contributed by atoms with Crippen LogP contribution in [-0.4, -0.2) is 12.1 Å². The number of nitrogens with one attached hydrogen (secondary N) is 1. The van der Waals surface area contributed by atoms with E-state index < -0.39 is 5.91 Å². The Bertz CT molecular complexity index is 1230. The Balaban J connectivity index is 1.42. The third kappa shape index (κ3) is 5.02. The van der Waals surface area contributed by atoms with E-state index in [1.165, 1.54) is 6.21 Å². The van der Waals surface area contributed by atoms with E-state index in [2.05, 4.69) is 10.5 Å². The highest BCUT2D eigenvalue weighted by molar-refractivity contribution is 6.37. The molecule has 0 spiro atoms. The van der Waals surface area contributed by atoms with Gasteiger partial charge in [0.05, 0.1) is 16.3 Å². The molecule has 0 atom stereocenters. The average Bonchev–Trinajstić information content (AvgIpc) is 3.19. The van der Waals surface area contributed by atoms with Gasteiger partial charge in [0.15, 0.2) is 11.5 Å². The summed E-state index contributed by atoms with van der Waals surface area (Å²) in [5.74, 6) is 0.0359. The number of carbonyl (C=O) groups excluding carboxylic acids is 1. The lowest BCUT2D eigenvalue weighted by atomic mass is 10.2. The molecule has 4 aromatic rings. The summed E-state index contributed by atoms with van der Waals surface area (Å²) >= 11 is 18.8. The molecule has 0 aliphatic rings. The summed E-state index contributed by atoms with van der Waals surface area (Å²) in [5, 5.41) is 6.00. The minimum absolute atomic E-state index is 0.165. The molecule has 1 amide bonds. The van der Waals surface area contributed by atoms with Gasteiger partial charge in [-0.05, 0) is 35.9 Å². The number of furan rings is 1. The van der Waals surface area contributed by atoms with E-state index in [4.69, 9.17) is 44.0 Å². The second-order valence-electron chi connectivity index (χ2n) is 6.54. The highest BCUT2D eigenvalue weighted by atomic mass is 35.5. The Morgan fingerprint density at radius 3 is 2.42 bits per heavy atom. The maximum atomic E-state index is 12.2. The van der Waals surface area contributed by atoms with E-state index in [1.54, 1.807) is 30.3 Å². The normalized spacial score (nSPS) is 11.2. The zero-order chi connectivity index (χ0) is 21.8. The zero-order valence-corrected chi connectivity index (χ0v) is 18.2. The van der Waals surface area contributed by atoms with Gasteiger partial charge in [-0.2, -0.15) is 5.10 Å². The molecule has 0 unspecified atom stereocenters. The molecule has 0 radical (unpaired) electrons. The molecule has 8 heteroatoms. The molecule has 1 N–H and O–H groups in total. The van der Waals surface area contributed by atoms with Crippen molar-refractivity contribution in [1.29, 1.82) is 0 Å². The van der Waals surface area contributed by atoms with Crippen molar-refractivity contribution in [3.8, 4) is 5.75 Å². The number of fused-ring (bicyclic) bond motifs is 1. The number of ether oxygens (including phenoxy) is 1. The number of benzene rings is 3. The lowest BCUT2D eigenvalue weighted by Crippen LogP contribution is -2.16. The van der Waals surface area contributed by atoms with Gasteiger partial charge in [-0.25, -0.2) is 5.43 Å². The van der Waals surface area contributed by atoms with Gasteiger partial charge in [0, 0.05) is 16.0 Å². The Labute approximate surface area is 193 Å². The second-order valence-corrected chi connectivity index (χ2v) is 7.76. The first-order valence-corrected chi connectivity index (χ1v) is 10.3. The van der Waals surface area contributed by atoms with E-state index in [0.29, 0.717) is 32.0 Å². The van der Waals surface area contributed by atoms with Gasteiger partial charge in [0.25, 0.3) is 0 Å². The average molecular weight is 474 g/mol. The molecule has 3 aromatic carbocycles. The van der Waals surface area contributed by atoms with Crippen molar-refractivity contribution in [2.24, 2.45) is 5.10 Å². The first-order chi connectivity index (χ1) is 15.0.